The van der Waals surface area contributed by atoms with E-state index in [-0.39, 0.29) is 11.6 Å². The Morgan fingerprint density at radius 3 is 2.50 bits per heavy atom. The van der Waals surface area contributed by atoms with Crippen LogP contribution in [0.2, 0.25) is 0 Å². The smallest absolute Gasteiger partial charge is 0.260 e. The molecule has 2 rings (SSSR count). The summed E-state index contributed by atoms with van der Waals surface area (Å²) in [5.74, 6) is 4.67. The molecule has 0 saturated carbocycles. The first-order valence-electron chi connectivity index (χ1n) is 6.31. The van der Waals surface area contributed by atoms with Gasteiger partial charge < -0.3 is 10.3 Å². The lowest BCUT2D eigenvalue weighted by molar-refractivity contribution is 0.0988. The van der Waals surface area contributed by atoms with E-state index in [1.165, 1.54) is 11.0 Å². The van der Waals surface area contributed by atoms with Crippen LogP contribution in [0.25, 0.3) is 0 Å². The maximum Gasteiger partial charge on any atom is 0.260 e. The van der Waals surface area contributed by atoms with Gasteiger partial charge in [0.15, 0.2) is 0 Å². The van der Waals surface area contributed by atoms with E-state index in [4.69, 9.17) is 5.84 Å². The predicted octanol–water partition coefficient (Wildman–Crippen LogP) is 2.78. The van der Waals surface area contributed by atoms with Gasteiger partial charge in [0.1, 0.15) is 5.82 Å². The molecule has 4 nitrogen and oxygen atoms in total. The van der Waals surface area contributed by atoms with Crippen molar-refractivity contribution in [2.45, 2.75) is 6.92 Å². The highest BCUT2D eigenvalue weighted by atomic mass is 19.1. The lowest BCUT2D eigenvalue weighted by Gasteiger charge is -2.22. The summed E-state index contributed by atoms with van der Waals surface area (Å²) in [6, 6.07) is 13.1. The number of nitrogen functional groups attached to an aromatic ring is 1. The summed E-state index contributed by atoms with van der Waals surface area (Å²) >= 11 is 0. The molecule has 0 spiro atoms. The van der Waals surface area contributed by atoms with Crippen molar-refractivity contribution in [2.24, 2.45) is 5.84 Å². The first-order valence-corrected chi connectivity index (χ1v) is 6.31. The van der Waals surface area contributed by atoms with Gasteiger partial charge in [-0.2, -0.15) is 0 Å². The van der Waals surface area contributed by atoms with Crippen LogP contribution in [0, 0.1) is 5.82 Å². The van der Waals surface area contributed by atoms with E-state index in [0.29, 0.717) is 17.8 Å². The summed E-state index contributed by atoms with van der Waals surface area (Å²) in [7, 11) is 0. The van der Waals surface area contributed by atoms with Crippen molar-refractivity contribution in [3.63, 3.8) is 0 Å². The van der Waals surface area contributed by atoms with E-state index >= 15 is 0 Å². The van der Waals surface area contributed by atoms with Crippen molar-refractivity contribution in [1.29, 1.82) is 0 Å². The van der Waals surface area contributed by atoms with E-state index in [9.17, 15) is 9.18 Å². The third-order valence-corrected chi connectivity index (χ3v) is 3.02. The normalized spacial score (nSPS) is 10.2. The summed E-state index contributed by atoms with van der Waals surface area (Å²) in [5.41, 5.74) is 3.65. The molecule has 5 heteroatoms. The lowest BCUT2D eigenvalue weighted by atomic mass is 10.1. The van der Waals surface area contributed by atoms with E-state index in [1.54, 1.807) is 49.4 Å². The van der Waals surface area contributed by atoms with E-state index in [1.807, 2.05) is 0 Å². The van der Waals surface area contributed by atoms with Crippen molar-refractivity contribution in [3.05, 3.63) is 59.9 Å². The molecular weight excluding hydrogens is 257 g/mol. The largest absolute Gasteiger partial charge is 0.323 e. The fourth-order valence-electron chi connectivity index (χ4n) is 2.03. The maximum absolute atomic E-state index is 13.9. The summed E-state index contributed by atoms with van der Waals surface area (Å²) < 4.78 is 13.9. The van der Waals surface area contributed by atoms with Crippen LogP contribution in [-0.2, 0) is 0 Å². The molecule has 0 atom stereocenters. The van der Waals surface area contributed by atoms with Gasteiger partial charge >= 0.3 is 0 Å². The van der Waals surface area contributed by atoms with E-state index in [2.05, 4.69) is 5.43 Å². The number of anilines is 2. The molecule has 2 aromatic carbocycles. The second kappa shape index (κ2) is 6.16. The van der Waals surface area contributed by atoms with Crippen LogP contribution < -0.4 is 16.2 Å². The third-order valence-electron chi connectivity index (χ3n) is 3.02. The van der Waals surface area contributed by atoms with Crippen LogP contribution in [0.1, 0.15) is 17.3 Å². The Labute approximate surface area is 117 Å². The number of nitrogens with one attached hydrogen (secondary N) is 1. The van der Waals surface area contributed by atoms with Gasteiger partial charge in [-0.15, -0.1) is 0 Å². The van der Waals surface area contributed by atoms with Gasteiger partial charge in [0, 0.05) is 6.54 Å². The number of carbonyl (C=O) groups excluding carboxylic acids is 1. The summed E-state index contributed by atoms with van der Waals surface area (Å²) in [6.07, 6.45) is 0. The fraction of sp³-hybridized carbons (Fsp3) is 0.133. The number of halogens is 1. The number of nitrogens with two attached hydrogens (primary N) is 1. The lowest BCUT2D eigenvalue weighted by Crippen LogP contribution is -2.32. The molecule has 3 N–H and O–H groups in total. The average molecular weight is 273 g/mol. The topological polar surface area (TPSA) is 58.4 Å². The zero-order chi connectivity index (χ0) is 14.5. The van der Waals surface area contributed by atoms with Gasteiger partial charge in [0.05, 0.1) is 16.9 Å². The summed E-state index contributed by atoms with van der Waals surface area (Å²) in [4.78, 5) is 14.0. The second-order valence-electron chi connectivity index (χ2n) is 4.19. The van der Waals surface area contributed by atoms with Crippen molar-refractivity contribution < 1.29 is 9.18 Å². The molecule has 0 aliphatic heterocycles. The highest BCUT2D eigenvalue weighted by molar-refractivity contribution is 6.09. The molecule has 1 amide bonds. The Bertz CT molecular complexity index is 616. The molecule has 20 heavy (non-hydrogen) atoms. The predicted molar refractivity (Wildman–Crippen MR) is 78.0 cm³/mol. The van der Waals surface area contributed by atoms with Crippen LogP contribution in [-0.4, -0.2) is 12.5 Å². The minimum atomic E-state index is -0.430. The van der Waals surface area contributed by atoms with Gasteiger partial charge in [0.2, 0.25) is 0 Å². The zero-order valence-electron chi connectivity index (χ0n) is 11.1. The highest BCUT2D eigenvalue weighted by Crippen LogP contribution is 2.23. The van der Waals surface area contributed by atoms with Gasteiger partial charge in [-0.3, -0.25) is 10.6 Å². The minimum Gasteiger partial charge on any atom is -0.323 e. The maximum atomic E-state index is 13.9. The first kappa shape index (κ1) is 14.0. The number of hydrazine groups is 1. The van der Waals surface area contributed by atoms with Gasteiger partial charge in [-0.05, 0) is 31.2 Å². The number of rotatable bonds is 4. The SMILES string of the molecule is CCN(C(=O)c1ccccc1NN)c1ccccc1F. The number of para-hydroxylation sites is 2. The molecule has 0 heterocycles. The van der Waals surface area contributed by atoms with Crippen molar-refractivity contribution in [2.75, 3.05) is 16.9 Å². The Morgan fingerprint density at radius 2 is 1.85 bits per heavy atom. The standard InChI is InChI=1S/C15H16FN3O/c1-2-19(14-10-6-4-8-12(14)16)15(20)11-7-3-5-9-13(11)18-17/h3-10,18H,2,17H2,1H3. The number of amides is 1. The molecular formula is C15H16FN3O. The summed E-state index contributed by atoms with van der Waals surface area (Å²) in [6.45, 7) is 2.15. The monoisotopic (exact) mass is 273 g/mol. The number of nitrogens with zero attached hydrogens (tertiary/aromatic N) is 1. The van der Waals surface area contributed by atoms with Crippen LogP contribution in [0.3, 0.4) is 0 Å². The van der Waals surface area contributed by atoms with Crippen LogP contribution in [0.4, 0.5) is 15.8 Å². The molecule has 0 aliphatic carbocycles. The van der Waals surface area contributed by atoms with Gasteiger partial charge in [-0.25, -0.2) is 4.39 Å². The van der Waals surface area contributed by atoms with E-state index in [0.717, 1.165) is 0 Å². The minimum absolute atomic E-state index is 0.256. The molecule has 0 aromatic heterocycles. The zero-order valence-corrected chi connectivity index (χ0v) is 11.1. The van der Waals surface area contributed by atoms with Crippen LogP contribution >= 0.6 is 0 Å². The Morgan fingerprint density at radius 1 is 1.20 bits per heavy atom. The average Bonchev–Trinajstić information content (AvgIpc) is 2.49. The fourth-order valence-corrected chi connectivity index (χ4v) is 2.03. The van der Waals surface area contributed by atoms with E-state index < -0.39 is 5.82 Å². The summed E-state index contributed by atoms with van der Waals surface area (Å²) in [5, 5.41) is 0. The molecule has 0 saturated heterocycles. The quantitative estimate of drug-likeness (QED) is 0.665. The Kier molecular flexibility index (Phi) is 4.32. The third kappa shape index (κ3) is 2.62. The first-order chi connectivity index (χ1) is 9.69. The van der Waals surface area contributed by atoms with Gasteiger partial charge in [0.25, 0.3) is 5.91 Å². The molecule has 0 bridgehead atoms. The van der Waals surface area contributed by atoms with Crippen LogP contribution in [0.5, 0.6) is 0 Å². The number of carbonyl (C=O) groups is 1. The molecule has 2 aromatic rings. The second-order valence-corrected chi connectivity index (χ2v) is 4.19. The van der Waals surface area contributed by atoms with Gasteiger partial charge in [-0.1, -0.05) is 24.3 Å². The number of hydrogen-bond acceptors (Lipinski definition) is 3. The molecule has 104 valence electrons. The van der Waals surface area contributed by atoms with Crippen molar-refractivity contribution in [1.82, 2.24) is 0 Å². The number of benzene rings is 2. The molecule has 0 fully saturated rings. The molecule has 0 unspecified atom stereocenters. The van der Waals surface area contributed by atoms with Crippen molar-refractivity contribution in [3.8, 4) is 0 Å². The molecule has 0 radical (unpaired) electrons. The van der Waals surface area contributed by atoms with Crippen LogP contribution in [0.15, 0.2) is 48.5 Å². The highest BCUT2D eigenvalue weighted by Gasteiger charge is 2.20. The Hall–Kier alpha value is -2.40. The Balaban J connectivity index is 2.42. The molecule has 0 aliphatic rings. The van der Waals surface area contributed by atoms with Crippen molar-refractivity contribution >= 4 is 17.3 Å². The number of hydrogen-bond donors (Lipinski definition) is 2.